The first kappa shape index (κ1) is 27.8. The average Bonchev–Trinajstić information content (AvgIpc) is 3.33. The lowest BCUT2D eigenvalue weighted by Gasteiger charge is -2.29. The number of likely N-dealkylation sites (tertiary alicyclic amines) is 1. The normalized spacial score (nSPS) is 16.8. The second kappa shape index (κ2) is 14.7. The van der Waals surface area contributed by atoms with Gasteiger partial charge in [-0.15, -0.1) is 0 Å². The third-order valence-corrected chi connectivity index (χ3v) is 5.89. The molecule has 1 aliphatic heterocycles. The Labute approximate surface area is 205 Å². The van der Waals surface area contributed by atoms with Gasteiger partial charge < -0.3 is 36.5 Å². The number of nitrogens with one attached hydrogen (secondary N) is 4. The minimum absolute atomic E-state index is 0.165. The molecule has 1 aliphatic rings. The van der Waals surface area contributed by atoms with Gasteiger partial charge in [-0.05, 0) is 50.6 Å². The monoisotopic (exact) mass is 488 g/mol. The quantitative estimate of drug-likeness (QED) is 0.0864. The molecule has 2 rings (SSSR count). The molecule has 0 aromatic heterocycles. The molecule has 1 fully saturated rings. The van der Waals surface area contributed by atoms with Crippen molar-refractivity contribution in [3.8, 4) is 0 Å². The van der Waals surface area contributed by atoms with Gasteiger partial charge in [0.2, 0.25) is 11.8 Å². The molecule has 0 spiro atoms. The van der Waals surface area contributed by atoms with Gasteiger partial charge in [0.25, 0.3) is 0 Å². The van der Waals surface area contributed by atoms with Gasteiger partial charge in [-0.1, -0.05) is 30.3 Å². The van der Waals surface area contributed by atoms with E-state index in [-0.39, 0.29) is 12.4 Å². The number of carbonyl (C=O) groups is 4. The van der Waals surface area contributed by atoms with Gasteiger partial charge in [0.1, 0.15) is 12.3 Å². The van der Waals surface area contributed by atoms with Crippen molar-refractivity contribution >= 4 is 30.0 Å². The fourth-order valence-corrected chi connectivity index (χ4v) is 4.14. The summed E-state index contributed by atoms with van der Waals surface area (Å²) in [5.41, 5.74) is 6.38. The highest BCUT2D eigenvalue weighted by molar-refractivity contribution is 5.92. The number of hydrogen-bond donors (Lipinski definition) is 6. The maximum atomic E-state index is 13.2. The highest BCUT2D eigenvalue weighted by Gasteiger charge is 2.38. The minimum atomic E-state index is -1.10. The van der Waals surface area contributed by atoms with Crippen molar-refractivity contribution in [1.29, 1.82) is 5.41 Å². The summed E-state index contributed by atoms with van der Waals surface area (Å²) in [5.74, 6) is -2.11. The molecule has 0 aliphatic carbocycles. The Balaban J connectivity index is 1.91. The van der Waals surface area contributed by atoms with E-state index in [9.17, 15) is 24.3 Å². The largest absolute Gasteiger partial charge is 0.481 e. The second-order valence-corrected chi connectivity index (χ2v) is 8.62. The van der Waals surface area contributed by atoms with E-state index in [2.05, 4.69) is 16.0 Å². The fourth-order valence-electron chi connectivity index (χ4n) is 4.14. The van der Waals surface area contributed by atoms with Crippen molar-refractivity contribution in [3.63, 3.8) is 0 Å². The number of carboxylic acid groups (broad SMARTS) is 1. The van der Waals surface area contributed by atoms with Crippen LogP contribution in [-0.2, 0) is 25.6 Å². The van der Waals surface area contributed by atoms with Crippen LogP contribution in [0.1, 0.15) is 44.1 Å². The molecule has 0 radical (unpaired) electrons. The predicted molar refractivity (Wildman–Crippen MR) is 131 cm³/mol. The zero-order valence-corrected chi connectivity index (χ0v) is 19.9. The summed E-state index contributed by atoms with van der Waals surface area (Å²) < 4.78 is 0. The second-order valence-electron chi connectivity index (χ2n) is 8.62. The van der Waals surface area contributed by atoms with Crippen molar-refractivity contribution in [2.24, 2.45) is 5.73 Å². The van der Waals surface area contributed by atoms with Gasteiger partial charge in [0.05, 0.1) is 18.5 Å². The van der Waals surface area contributed by atoms with Crippen molar-refractivity contribution in [2.75, 3.05) is 19.6 Å². The molecule has 7 N–H and O–H groups in total. The van der Waals surface area contributed by atoms with Gasteiger partial charge in [-0.25, -0.2) is 0 Å². The van der Waals surface area contributed by atoms with Crippen LogP contribution >= 0.6 is 0 Å². The van der Waals surface area contributed by atoms with E-state index in [1.807, 2.05) is 30.3 Å². The predicted octanol–water partition coefficient (Wildman–Crippen LogP) is -0.00993. The number of aldehydes is 1. The van der Waals surface area contributed by atoms with E-state index < -0.39 is 35.9 Å². The Morgan fingerprint density at radius 2 is 1.94 bits per heavy atom. The zero-order chi connectivity index (χ0) is 25.6. The van der Waals surface area contributed by atoms with Crippen LogP contribution in [0.3, 0.4) is 0 Å². The first-order valence-electron chi connectivity index (χ1n) is 11.9. The number of amides is 2. The van der Waals surface area contributed by atoms with E-state index in [1.165, 1.54) is 4.90 Å². The van der Waals surface area contributed by atoms with Crippen LogP contribution < -0.4 is 21.7 Å². The number of aliphatic carboxylic acids is 1. The van der Waals surface area contributed by atoms with Crippen molar-refractivity contribution in [3.05, 3.63) is 35.9 Å². The van der Waals surface area contributed by atoms with E-state index in [0.29, 0.717) is 51.6 Å². The van der Waals surface area contributed by atoms with Crippen LogP contribution in [-0.4, -0.2) is 77.8 Å². The molecule has 1 aromatic carbocycles. The van der Waals surface area contributed by atoms with E-state index in [1.54, 1.807) is 0 Å². The SMILES string of the molecule is N=C(N)NCCC[C@@H](C=O)NC(=O)[C@@H]1CCCN1C(=O)[C@H](CC(=O)O)NCCCc1ccccc1. The Bertz CT molecular complexity index is 865. The Morgan fingerprint density at radius 3 is 2.60 bits per heavy atom. The summed E-state index contributed by atoms with van der Waals surface area (Å²) in [6, 6.07) is 7.47. The smallest absolute Gasteiger partial charge is 0.305 e. The van der Waals surface area contributed by atoms with Crippen LogP contribution in [0.2, 0.25) is 0 Å². The molecule has 2 amide bonds. The molecule has 0 saturated carbocycles. The number of guanidine groups is 1. The summed E-state index contributed by atoms with van der Waals surface area (Å²) in [4.78, 5) is 50.3. The van der Waals surface area contributed by atoms with Crippen LogP contribution in [0, 0.1) is 5.41 Å². The van der Waals surface area contributed by atoms with Gasteiger partial charge in [-0.3, -0.25) is 19.8 Å². The van der Waals surface area contributed by atoms with Crippen molar-refractivity contribution < 1.29 is 24.3 Å². The Hall–Kier alpha value is -3.47. The maximum Gasteiger partial charge on any atom is 0.305 e. The van der Waals surface area contributed by atoms with Gasteiger partial charge >= 0.3 is 5.97 Å². The van der Waals surface area contributed by atoms with E-state index in [4.69, 9.17) is 11.1 Å². The number of aryl methyl sites for hydroxylation is 1. The molecule has 1 heterocycles. The number of carbonyl (C=O) groups excluding carboxylic acids is 3. The molecule has 3 atom stereocenters. The standard InChI is InChI=1S/C24H36N6O5/c25-24(26)28-13-5-10-18(16-31)29-22(34)20-11-6-14-30(20)23(35)19(15-21(32)33)27-12-4-9-17-7-2-1-3-8-17/h1-3,7-8,16,18-20,27H,4-6,9-15H2,(H,29,34)(H,32,33)(H4,25,26,28)/t18-,19-,20-/m0/s1. The van der Waals surface area contributed by atoms with Crippen LogP contribution in [0.15, 0.2) is 30.3 Å². The molecular weight excluding hydrogens is 452 g/mol. The van der Waals surface area contributed by atoms with E-state index in [0.717, 1.165) is 18.4 Å². The van der Waals surface area contributed by atoms with Crippen molar-refractivity contribution in [2.45, 2.75) is 63.1 Å². The third kappa shape index (κ3) is 9.73. The number of nitrogens with zero attached hydrogens (tertiary/aromatic N) is 1. The fraction of sp³-hybridized carbons (Fsp3) is 0.542. The molecule has 1 aromatic rings. The zero-order valence-electron chi connectivity index (χ0n) is 19.9. The van der Waals surface area contributed by atoms with Crippen molar-refractivity contribution in [1.82, 2.24) is 20.9 Å². The lowest BCUT2D eigenvalue weighted by molar-refractivity contribution is -0.145. The summed E-state index contributed by atoms with van der Waals surface area (Å²) in [6.07, 6.45) is 3.74. The average molecular weight is 489 g/mol. The minimum Gasteiger partial charge on any atom is -0.481 e. The first-order chi connectivity index (χ1) is 16.8. The Kier molecular flexibility index (Phi) is 11.7. The number of rotatable bonds is 15. The summed E-state index contributed by atoms with van der Waals surface area (Å²) in [6.45, 7) is 1.22. The Morgan fingerprint density at radius 1 is 1.20 bits per heavy atom. The molecule has 11 nitrogen and oxygen atoms in total. The number of hydrogen-bond acceptors (Lipinski definition) is 6. The first-order valence-corrected chi connectivity index (χ1v) is 11.9. The van der Waals surface area contributed by atoms with Gasteiger partial charge in [0.15, 0.2) is 5.96 Å². The van der Waals surface area contributed by atoms with E-state index >= 15 is 0 Å². The summed E-state index contributed by atoms with van der Waals surface area (Å²) >= 11 is 0. The lowest BCUT2D eigenvalue weighted by atomic mass is 10.1. The highest BCUT2D eigenvalue weighted by atomic mass is 16.4. The maximum absolute atomic E-state index is 13.2. The number of nitrogens with two attached hydrogens (primary N) is 1. The number of benzene rings is 1. The number of carboxylic acids is 1. The topological polar surface area (TPSA) is 178 Å². The lowest BCUT2D eigenvalue weighted by Crippen LogP contribution is -2.54. The van der Waals surface area contributed by atoms with Crippen LogP contribution in [0.4, 0.5) is 0 Å². The highest BCUT2D eigenvalue weighted by Crippen LogP contribution is 2.20. The van der Waals surface area contributed by atoms with Gasteiger partial charge in [-0.2, -0.15) is 0 Å². The van der Waals surface area contributed by atoms with Gasteiger partial charge in [0, 0.05) is 13.1 Å². The molecule has 35 heavy (non-hydrogen) atoms. The summed E-state index contributed by atoms with van der Waals surface area (Å²) in [5, 5.41) is 24.8. The molecular formula is C24H36N6O5. The summed E-state index contributed by atoms with van der Waals surface area (Å²) in [7, 11) is 0. The molecule has 192 valence electrons. The van der Waals surface area contributed by atoms with Crippen LogP contribution in [0.25, 0.3) is 0 Å². The molecule has 11 heteroatoms. The van der Waals surface area contributed by atoms with Crippen LogP contribution in [0.5, 0.6) is 0 Å². The molecule has 1 saturated heterocycles. The molecule has 0 bridgehead atoms. The molecule has 0 unspecified atom stereocenters. The third-order valence-electron chi connectivity index (χ3n) is 5.89.